The summed E-state index contributed by atoms with van der Waals surface area (Å²) in [6.07, 6.45) is 1.84. The summed E-state index contributed by atoms with van der Waals surface area (Å²) in [6, 6.07) is 0. The van der Waals surface area contributed by atoms with Gasteiger partial charge in [-0.2, -0.15) is 0 Å². The molecule has 1 unspecified atom stereocenters. The van der Waals surface area contributed by atoms with E-state index >= 15 is 0 Å². The summed E-state index contributed by atoms with van der Waals surface area (Å²) in [5.74, 6) is 0.592. The van der Waals surface area contributed by atoms with Gasteiger partial charge in [-0.1, -0.05) is 20.3 Å². The fourth-order valence-electron chi connectivity index (χ4n) is 0.958. The molecule has 0 aromatic heterocycles. The third-order valence-corrected chi connectivity index (χ3v) is 1.89. The molecule has 2 heteroatoms. The van der Waals surface area contributed by atoms with Gasteiger partial charge in [0.15, 0.2) is 0 Å². The Bertz CT molecular complexity index is 119. The SMILES string of the molecule is CC(=O)C(CO)CCC(C)C. The van der Waals surface area contributed by atoms with Crippen molar-refractivity contribution in [1.82, 2.24) is 0 Å². The molecule has 0 bridgehead atoms. The van der Waals surface area contributed by atoms with Crippen molar-refractivity contribution < 1.29 is 9.90 Å². The highest BCUT2D eigenvalue weighted by Gasteiger charge is 2.12. The van der Waals surface area contributed by atoms with Crippen LogP contribution in [0.1, 0.15) is 33.6 Å². The highest BCUT2D eigenvalue weighted by atomic mass is 16.3. The number of hydrogen-bond acceptors (Lipinski definition) is 2. The van der Waals surface area contributed by atoms with E-state index in [1.165, 1.54) is 0 Å². The Morgan fingerprint density at radius 3 is 2.18 bits per heavy atom. The number of Topliss-reactive ketones (excluding diaryl/α,β-unsaturated/α-hetero) is 1. The molecule has 0 saturated heterocycles. The minimum absolute atomic E-state index is 0.00204. The van der Waals surface area contributed by atoms with E-state index in [2.05, 4.69) is 13.8 Å². The summed E-state index contributed by atoms with van der Waals surface area (Å²) in [7, 11) is 0. The highest BCUT2D eigenvalue weighted by molar-refractivity contribution is 5.78. The molecule has 0 spiro atoms. The van der Waals surface area contributed by atoms with Gasteiger partial charge in [0.25, 0.3) is 0 Å². The van der Waals surface area contributed by atoms with Gasteiger partial charge in [0, 0.05) is 5.92 Å². The van der Waals surface area contributed by atoms with Crippen LogP contribution in [0, 0.1) is 11.8 Å². The number of rotatable bonds is 5. The van der Waals surface area contributed by atoms with Crippen molar-refractivity contribution in [3.8, 4) is 0 Å². The first-order valence-corrected chi connectivity index (χ1v) is 4.19. The molecule has 66 valence electrons. The van der Waals surface area contributed by atoms with Crippen LogP contribution < -0.4 is 0 Å². The second kappa shape index (κ2) is 5.30. The molecule has 0 rings (SSSR count). The fourth-order valence-corrected chi connectivity index (χ4v) is 0.958. The van der Waals surface area contributed by atoms with E-state index in [9.17, 15) is 4.79 Å². The van der Waals surface area contributed by atoms with Crippen molar-refractivity contribution in [3.05, 3.63) is 0 Å². The molecule has 0 saturated carbocycles. The Labute approximate surface area is 68.6 Å². The summed E-state index contributed by atoms with van der Waals surface area (Å²) >= 11 is 0. The van der Waals surface area contributed by atoms with Crippen LogP contribution in [-0.2, 0) is 4.79 Å². The first-order chi connectivity index (χ1) is 5.07. The Balaban J connectivity index is 3.61. The number of aliphatic hydroxyl groups excluding tert-OH is 1. The quantitative estimate of drug-likeness (QED) is 0.660. The lowest BCUT2D eigenvalue weighted by molar-refractivity contribution is -0.122. The number of carbonyl (C=O) groups excluding carboxylic acids is 1. The molecule has 0 aliphatic carbocycles. The van der Waals surface area contributed by atoms with Crippen LogP contribution in [0.5, 0.6) is 0 Å². The topological polar surface area (TPSA) is 37.3 Å². The standard InChI is InChI=1S/C9H18O2/c1-7(2)4-5-9(6-10)8(3)11/h7,9-10H,4-6H2,1-3H3. The number of aliphatic hydroxyl groups is 1. The van der Waals surface area contributed by atoms with Crippen LogP contribution in [0.2, 0.25) is 0 Å². The normalized spacial score (nSPS) is 13.5. The molecule has 0 aliphatic rings. The van der Waals surface area contributed by atoms with Gasteiger partial charge in [-0.3, -0.25) is 4.79 Å². The second-order valence-corrected chi connectivity index (χ2v) is 3.46. The largest absolute Gasteiger partial charge is 0.396 e. The van der Waals surface area contributed by atoms with Crippen LogP contribution in [0.25, 0.3) is 0 Å². The van der Waals surface area contributed by atoms with Crippen LogP contribution >= 0.6 is 0 Å². The third-order valence-electron chi connectivity index (χ3n) is 1.89. The Morgan fingerprint density at radius 1 is 1.36 bits per heavy atom. The number of ketones is 1. The van der Waals surface area contributed by atoms with Gasteiger partial charge in [0.2, 0.25) is 0 Å². The molecule has 0 aromatic carbocycles. The molecule has 0 amide bonds. The van der Waals surface area contributed by atoms with E-state index in [4.69, 9.17) is 5.11 Å². The average molecular weight is 158 g/mol. The van der Waals surface area contributed by atoms with Crippen molar-refractivity contribution in [2.75, 3.05) is 6.61 Å². The Hall–Kier alpha value is -0.370. The predicted octanol–water partition coefficient (Wildman–Crippen LogP) is 1.62. The van der Waals surface area contributed by atoms with Gasteiger partial charge >= 0.3 is 0 Å². The van der Waals surface area contributed by atoms with Gasteiger partial charge < -0.3 is 5.11 Å². The van der Waals surface area contributed by atoms with Gasteiger partial charge in [0.05, 0.1) is 6.61 Å². The molecule has 0 fully saturated rings. The first-order valence-electron chi connectivity index (χ1n) is 4.19. The highest BCUT2D eigenvalue weighted by Crippen LogP contribution is 2.12. The monoisotopic (exact) mass is 158 g/mol. The van der Waals surface area contributed by atoms with E-state index in [1.807, 2.05) is 0 Å². The van der Waals surface area contributed by atoms with E-state index in [-0.39, 0.29) is 18.3 Å². The van der Waals surface area contributed by atoms with Crippen LogP contribution in [0.15, 0.2) is 0 Å². The Kier molecular flexibility index (Phi) is 5.12. The molecule has 1 N–H and O–H groups in total. The average Bonchev–Trinajstić information content (AvgIpc) is 1.87. The summed E-state index contributed by atoms with van der Waals surface area (Å²) in [4.78, 5) is 10.8. The van der Waals surface area contributed by atoms with Crippen LogP contribution in [0.3, 0.4) is 0 Å². The van der Waals surface area contributed by atoms with Crippen molar-refractivity contribution in [3.63, 3.8) is 0 Å². The van der Waals surface area contributed by atoms with Crippen molar-refractivity contribution in [2.24, 2.45) is 11.8 Å². The summed E-state index contributed by atoms with van der Waals surface area (Å²) in [5.41, 5.74) is 0. The zero-order chi connectivity index (χ0) is 8.85. The molecule has 0 radical (unpaired) electrons. The fraction of sp³-hybridized carbons (Fsp3) is 0.889. The lowest BCUT2D eigenvalue weighted by Crippen LogP contribution is -2.15. The predicted molar refractivity (Wildman–Crippen MR) is 45.3 cm³/mol. The van der Waals surface area contributed by atoms with E-state index in [0.717, 1.165) is 12.8 Å². The van der Waals surface area contributed by atoms with Gasteiger partial charge in [0.1, 0.15) is 5.78 Å². The maximum Gasteiger partial charge on any atom is 0.135 e. The van der Waals surface area contributed by atoms with Crippen LogP contribution in [0.4, 0.5) is 0 Å². The van der Waals surface area contributed by atoms with E-state index in [0.29, 0.717) is 5.92 Å². The first kappa shape index (κ1) is 10.6. The maximum atomic E-state index is 10.8. The number of hydrogen-bond donors (Lipinski definition) is 1. The molecule has 0 heterocycles. The minimum Gasteiger partial charge on any atom is -0.396 e. The maximum absolute atomic E-state index is 10.8. The van der Waals surface area contributed by atoms with Gasteiger partial charge in [-0.05, 0) is 19.3 Å². The van der Waals surface area contributed by atoms with E-state index in [1.54, 1.807) is 6.92 Å². The summed E-state index contributed by atoms with van der Waals surface area (Å²) < 4.78 is 0. The van der Waals surface area contributed by atoms with Gasteiger partial charge in [-0.25, -0.2) is 0 Å². The second-order valence-electron chi connectivity index (χ2n) is 3.46. The van der Waals surface area contributed by atoms with Crippen molar-refractivity contribution >= 4 is 5.78 Å². The Morgan fingerprint density at radius 2 is 1.91 bits per heavy atom. The van der Waals surface area contributed by atoms with E-state index < -0.39 is 0 Å². The number of carbonyl (C=O) groups is 1. The zero-order valence-electron chi connectivity index (χ0n) is 7.63. The molecular formula is C9H18O2. The minimum atomic E-state index is -0.127. The van der Waals surface area contributed by atoms with Crippen molar-refractivity contribution in [2.45, 2.75) is 33.6 Å². The molecule has 2 nitrogen and oxygen atoms in total. The summed E-state index contributed by atoms with van der Waals surface area (Å²) in [6.45, 7) is 5.78. The smallest absolute Gasteiger partial charge is 0.135 e. The summed E-state index contributed by atoms with van der Waals surface area (Å²) in [5, 5.41) is 8.79. The molecule has 0 aromatic rings. The lowest BCUT2D eigenvalue weighted by atomic mass is 9.96. The van der Waals surface area contributed by atoms with Gasteiger partial charge in [-0.15, -0.1) is 0 Å². The van der Waals surface area contributed by atoms with Crippen LogP contribution in [-0.4, -0.2) is 17.5 Å². The van der Waals surface area contributed by atoms with Crippen molar-refractivity contribution in [1.29, 1.82) is 0 Å². The molecular weight excluding hydrogens is 140 g/mol. The molecule has 11 heavy (non-hydrogen) atoms. The third kappa shape index (κ3) is 4.96. The molecule has 0 aliphatic heterocycles. The zero-order valence-corrected chi connectivity index (χ0v) is 7.63. The lowest BCUT2D eigenvalue weighted by Gasteiger charge is -2.11. The molecule has 1 atom stereocenters.